The Balaban J connectivity index is 2.19. The fourth-order valence-corrected chi connectivity index (χ4v) is 1.49. The van der Waals surface area contributed by atoms with Gasteiger partial charge in [0.05, 0.1) is 12.5 Å². The molecular weight excluding hydrogens is 148 g/mol. The molecule has 3 unspecified atom stereocenters. The molecule has 0 amide bonds. The van der Waals surface area contributed by atoms with Gasteiger partial charge in [-0.05, 0) is 32.2 Å². The molecule has 0 radical (unpaired) electrons. The Labute approximate surface area is 75.2 Å². The van der Waals surface area contributed by atoms with Crippen LogP contribution in [0.3, 0.4) is 0 Å². The largest absolute Gasteiger partial charge is 0.302 e. The molecule has 0 aromatic heterocycles. The third kappa shape index (κ3) is 2.49. The van der Waals surface area contributed by atoms with Gasteiger partial charge in [-0.2, -0.15) is 5.26 Å². The van der Waals surface area contributed by atoms with Crippen LogP contribution in [0.25, 0.3) is 0 Å². The van der Waals surface area contributed by atoms with Crippen LogP contribution in [-0.2, 0) is 0 Å². The quantitative estimate of drug-likeness (QED) is 0.637. The molecule has 0 aromatic rings. The van der Waals surface area contributed by atoms with Crippen molar-refractivity contribution in [3.8, 4) is 6.07 Å². The van der Waals surface area contributed by atoms with Gasteiger partial charge in [0.25, 0.3) is 0 Å². The minimum absolute atomic E-state index is 0.419. The molecule has 0 spiro atoms. The second kappa shape index (κ2) is 3.91. The Kier molecular flexibility index (Phi) is 3.11. The summed E-state index contributed by atoms with van der Waals surface area (Å²) < 4.78 is 0. The second-order valence-corrected chi connectivity index (χ2v) is 4.12. The summed E-state index contributed by atoms with van der Waals surface area (Å²) >= 11 is 0. The van der Waals surface area contributed by atoms with Crippen molar-refractivity contribution in [2.45, 2.75) is 32.7 Å². The van der Waals surface area contributed by atoms with Crippen LogP contribution >= 0.6 is 0 Å². The molecule has 1 saturated carbocycles. The van der Waals surface area contributed by atoms with Crippen molar-refractivity contribution < 1.29 is 0 Å². The van der Waals surface area contributed by atoms with Crippen molar-refractivity contribution in [1.82, 2.24) is 4.90 Å². The molecule has 0 saturated heterocycles. The van der Waals surface area contributed by atoms with E-state index in [9.17, 15) is 0 Å². The van der Waals surface area contributed by atoms with Crippen molar-refractivity contribution in [3.05, 3.63) is 0 Å². The van der Waals surface area contributed by atoms with Gasteiger partial charge in [-0.25, -0.2) is 0 Å². The smallest absolute Gasteiger partial charge is 0.0638 e. The van der Waals surface area contributed by atoms with Gasteiger partial charge in [0.1, 0.15) is 0 Å². The summed E-state index contributed by atoms with van der Waals surface area (Å²) in [6.07, 6.45) is 2.03. The van der Waals surface area contributed by atoms with E-state index in [2.05, 4.69) is 31.9 Å². The SMILES string of the molecule is CC1CC1CN(C)C(C)CC#N. The average Bonchev–Trinajstić information content (AvgIpc) is 2.67. The van der Waals surface area contributed by atoms with E-state index < -0.39 is 0 Å². The third-order valence-electron chi connectivity index (χ3n) is 2.94. The molecule has 2 nitrogen and oxygen atoms in total. The summed E-state index contributed by atoms with van der Waals surface area (Å²) in [6.45, 7) is 5.59. The summed E-state index contributed by atoms with van der Waals surface area (Å²) in [4.78, 5) is 2.30. The maximum atomic E-state index is 8.51. The Bertz CT molecular complexity index is 183. The molecular formula is C10H18N2. The van der Waals surface area contributed by atoms with E-state index in [1.165, 1.54) is 13.0 Å². The number of nitriles is 1. The van der Waals surface area contributed by atoms with Crippen LogP contribution < -0.4 is 0 Å². The highest BCUT2D eigenvalue weighted by Gasteiger charge is 2.33. The minimum atomic E-state index is 0.419. The van der Waals surface area contributed by atoms with Gasteiger partial charge in [-0.3, -0.25) is 0 Å². The summed E-state index contributed by atoms with van der Waals surface area (Å²) in [5.41, 5.74) is 0. The van der Waals surface area contributed by atoms with Gasteiger partial charge in [-0.15, -0.1) is 0 Å². The Morgan fingerprint density at radius 2 is 2.25 bits per heavy atom. The van der Waals surface area contributed by atoms with Gasteiger partial charge in [0, 0.05) is 12.6 Å². The molecule has 12 heavy (non-hydrogen) atoms. The van der Waals surface area contributed by atoms with Crippen molar-refractivity contribution in [2.75, 3.05) is 13.6 Å². The van der Waals surface area contributed by atoms with E-state index >= 15 is 0 Å². The van der Waals surface area contributed by atoms with Gasteiger partial charge in [0.15, 0.2) is 0 Å². The van der Waals surface area contributed by atoms with E-state index in [0.29, 0.717) is 12.5 Å². The number of hydrogen-bond donors (Lipinski definition) is 0. The molecule has 1 aliphatic rings. The summed E-state index contributed by atoms with van der Waals surface area (Å²) in [5, 5.41) is 8.51. The van der Waals surface area contributed by atoms with Crippen molar-refractivity contribution in [1.29, 1.82) is 5.26 Å². The first-order valence-corrected chi connectivity index (χ1v) is 4.72. The van der Waals surface area contributed by atoms with Crippen LogP contribution in [0.15, 0.2) is 0 Å². The molecule has 0 N–H and O–H groups in total. The normalized spacial score (nSPS) is 29.9. The predicted octanol–water partition coefficient (Wildman–Crippen LogP) is 1.88. The Morgan fingerprint density at radius 1 is 1.67 bits per heavy atom. The molecule has 1 fully saturated rings. The Morgan fingerprint density at radius 3 is 2.67 bits per heavy atom. The molecule has 0 heterocycles. The van der Waals surface area contributed by atoms with Crippen LogP contribution in [-0.4, -0.2) is 24.5 Å². The zero-order chi connectivity index (χ0) is 9.14. The lowest BCUT2D eigenvalue weighted by atomic mass is 10.2. The molecule has 68 valence electrons. The van der Waals surface area contributed by atoms with E-state index in [0.717, 1.165) is 11.8 Å². The number of hydrogen-bond acceptors (Lipinski definition) is 2. The van der Waals surface area contributed by atoms with Gasteiger partial charge >= 0.3 is 0 Å². The first kappa shape index (κ1) is 9.54. The van der Waals surface area contributed by atoms with Gasteiger partial charge in [0.2, 0.25) is 0 Å². The van der Waals surface area contributed by atoms with Crippen molar-refractivity contribution >= 4 is 0 Å². The van der Waals surface area contributed by atoms with E-state index in [1.807, 2.05) is 0 Å². The van der Waals surface area contributed by atoms with E-state index in [-0.39, 0.29) is 0 Å². The monoisotopic (exact) mass is 166 g/mol. The average molecular weight is 166 g/mol. The first-order chi connectivity index (χ1) is 5.65. The minimum Gasteiger partial charge on any atom is -0.302 e. The molecule has 3 atom stereocenters. The highest BCUT2D eigenvalue weighted by atomic mass is 15.1. The van der Waals surface area contributed by atoms with Crippen molar-refractivity contribution in [3.63, 3.8) is 0 Å². The third-order valence-corrected chi connectivity index (χ3v) is 2.94. The van der Waals surface area contributed by atoms with Crippen LogP contribution in [0.4, 0.5) is 0 Å². The number of rotatable bonds is 4. The van der Waals surface area contributed by atoms with Crippen LogP contribution in [0.1, 0.15) is 26.7 Å². The maximum Gasteiger partial charge on any atom is 0.0638 e. The predicted molar refractivity (Wildman–Crippen MR) is 49.6 cm³/mol. The van der Waals surface area contributed by atoms with E-state index in [1.54, 1.807) is 0 Å². The fraction of sp³-hybridized carbons (Fsp3) is 0.900. The van der Waals surface area contributed by atoms with Crippen LogP contribution in [0.2, 0.25) is 0 Å². The molecule has 0 aliphatic heterocycles. The lowest BCUT2D eigenvalue weighted by molar-refractivity contribution is 0.247. The highest BCUT2D eigenvalue weighted by molar-refractivity contribution is 4.87. The Hall–Kier alpha value is -0.550. The molecule has 1 aliphatic carbocycles. The molecule has 1 rings (SSSR count). The zero-order valence-corrected chi connectivity index (χ0v) is 8.25. The van der Waals surface area contributed by atoms with Crippen LogP contribution in [0.5, 0.6) is 0 Å². The van der Waals surface area contributed by atoms with Gasteiger partial charge in [-0.1, -0.05) is 6.92 Å². The zero-order valence-electron chi connectivity index (χ0n) is 8.25. The number of nitrogens with zero attached hydrogens (tertiary/aromatic N) is 2. The maximum absolute atomic E-state index is 8.51. The summed E-state index contributed by atoms with van der Waals surface area (Å²) in [5.74, 6) is 1.82. The first-order valence-electron chi connectivity index (χ1n) is 4.72. The molecule has 0 aromatic carbocycles. The van der Waals surface area contributed by atoms with Crippen molar-refractivity contribution in [2.24, 2.45) is 11.8 Å². The standard InChI is InChI=1S/C10H18N2/c1-8-6-10(8)7-12(3)9(2)4-5-11/h8-10H,4,6-7H2,1-3H3. The highest BCUT2D eigenvalue weighted by Crippen LogP contribution is 2.38. The topological polar surface area (TPSA) is 27.0 Å². The van der Waals surface area contributed by atoms with E-state index in [4.69, 9.17) is 5.26 Å². The summed E-state index contributed by atoms with van der Waals surface area (Å²) in [6, 6.07) is 2.63. The molecule has 2 heteroatoms. The van der Waals surface area contributed by atoms with Gasteiger partial charge < -0.3 is 4.90 Å². The lowest BCUT2D eigenvalue weighted by Crippen LogP contribution is -2.30. The van der Waals surface area contributed by atoms with Crippen LogP contribution in [0, 0.1) is 23.2 Å². The fourth-order valence-electron chi connectivity index (χ4n) is 1.49. The molecule has 0 bridgehead atoms. The summed E-state index contributed by atoms with van der Waals surface area (Å²) in [7, 11) is 2.12. The lowest BCUT2D eigenvalue weighted by Gasteiger charge is -2.22. The second-order valence-electron chi connectivity index (χ2n) is 4.12.